The molecule has 1 fully saturated rings. The van der Waals surface area contributed by atoms with Crippen LogP contribution in [0.4, 0.5) is 11.4 Å². The summed E-state index contributed by atoms with van der Waals surface area (Å²) in [7, 11) is 1.71. The number of anilines is 2. The minimum atomic E-state index is -0.373. The third-order valence-corrected chi connectivity index (χ3v) is 3.11. The molecule has 1 aromatic carbocycles. The molecule has 21 heavy (non-hydrogen) atoms. The fourth-order valence-electron chi connectivity index (χ4n) is 2.19. The van der Waals surface area contributed by atoms with Gasteiger partial charge in [-0.05, 0) is 12.1 Å². The summed E-state index contributed by atoms with van der Waals surface area (Å²) < 4.78 is 12.4. The number of aromatic nitrogens is 2. The van der Waals surface area contributed by atoms with Gasteiger partial charge in [0, 0.05) is 24.5 Å². The van der Waals surface area contributed by atoms with Crippen LogP contribution < -0.4 is 11.1 Å². The van der Waals surface area contributed by atoms with E-state index in [1.54, 1.807) is 19.3 Å². The number of carbonyl (C=O) groups is 1. The van der Waals surface area contributed by atoms with Crippen LogP contribution in [-0.4, -0.2) is 28.9 Å². The molecule has 0 radical (unpaired) electrons. The van der Waals surface area contributed by atoms with Crippen LogP contribution in [0, 0.1) is 0 Å². The van der Waals surface area contributed by atoms with Gasteiger partial charge in [0.25, 0.3) is 5.91 Å². The van der Waals surface area contributed by atoms with Gasteiger partial charge in [-0.2, -0.15) is 5.10 Å². The van der Waals surface area contributed by atoms with E-state index in [-0.39, 0.29) is 17.9 Å². The number of hydrogen-bond donors (Lipinski definition) is 2. The molecule has 0 spiro atoms. The number of ether oxygens (including phenoxy) is 2. The van der Waals surface area contributed by atoms with Crippen molar-refractivity contribution in [3.05, 3.63) is 41.7 Å². The Hall–Kier alpha value is -2.38. The first-order chi connectivity index (χ1) is 10.1. The minimum Gasteiger partial charge on any atom is -0.396 e. The van der Waals surface area contributed by atoms with Crippen LogP contribution in [0.2, 0.25) is 0 Å². The summed E-state index contributed by atoms with van der Waals surface area (Å²) in [5.74, 6) is -0.349. The second kappa shape index (κ2) is 5.55. The van der Waals surface area contributed by atoms with Crippen LogP contribution in [0.5, 0.6) is 0 Å². The number of aryl methyl sites for hydroxylation is 1. The smallest absolute Gasteiger partial charge is 0.278 e. The number of nitrogens with one attached hydrogen (secondary N) is 1. The molecule has 1 saturated heterocycles. The van der Waals surface area contributed by atoms with Gasteiger partial charge in [-0.3, -0.25) is 9.48 Å². The molecular weight excluding hydrogens is 272 g/mol. The van der Waals surface area contributed by atoms with Gasteiger partial charge >= 0.3 is 0 Å². The van der Waals surface area contributed by atoms with Crippen molar-refractivity contribution in [2.24, 2.45) is 7.05 Å². The molecule has 1 aliphatic heterocycles. The Balaban J connectivity index is 1.77. The highest BCUT2D eigenvalue weighted by molar-refractivity contribution is 6.06. The highest BCUT2D eigenvalue weighted by Gasteiger charge is 2.19. The number of rotatable bonds is 3. The fourth-order valence-corrected chi connectivity index (χ4v) is 2.19. The molecule has 0 atom stereocenters. The molecule has 0 saturated carbocycles. The van der Waals surface area contributed by atoms with Crippen molar-refractivity contribution in [1.82, 2.24) is 9.78 Å². The SMILES string of the molecule is Cn1cc(N)c(C(=O)Nc2cccc(C3OCCO3)c2)n1. The quantitative estimate of drug-likeness (QED) is 0.888. The van der Waals surface area contributed by atoms with Gasteiger partial charge in [0.1, 0.15) is 0 Å². The van der Waals surface area contributed by atoms with Crippen molar-refractivity contribution in [2.75, 3.05) is 24.3 Å². The van der Waals surface area contributed by atoms with Gasteiger partial charge in [0.2, 0.25) is 0 Å². The molecule has 7 nitrogen and oxygen atoms in total. The maximum Gasteiger partial charge on any atom is 0.278 e. The van der Waals surface area contributed by atoms with Crippen LogP contribution in [0.15, 0.2) is 30.5 Å². The lowest BCUT2D eigenvalue weighted by Gasteiger charge is -2.11. The predicted octanol–water partition coefficient (Wildman–Crippen LogP) is 1.30. The molecule has 1 aromatic heterocycles. The molecule has 3 rings (SSSR count). The van der Waals surface area contributed by atoms with Gasteiger partial charge in [-0.1, -0.05) is 12.1 Å². The number of amides is 1. The van der Waals surface area contributed by atoms with Crippen molar-refractivity contribution >= 4 is 17.3 Å². The molecule has 0 bridgehead atoms. The Morgan fingerprint density at radius 3 is 2.86 bits per heavy atom. The molecule has 0 aliphatic carbocycles. The Morgan fingerprint density at radius 1 is 1.43 bits per heavy atom. The zero-order valence-corrected chi connectivity index (χ0v) is 11.6. The van der Waals surface area contributed by atoms with Crippen molar-refractivity contribution < 1.29 is 14.3 Å². The molecule has 2 heterocycles. The lowest BCUT2D eigenvalue weighted by Crippen LogP contribution is -2.15. The summed E-state index contributed by atoms with van der Waals surface area (Å²) >= 11 is 0. The normalized spacial score (nSPS) is 15.3. The third-order valence-electron chi connectivity index (χ3n) is 3.11. The molecule has 1 aliphatic rings. The summed E-state index contributed by atoms with van der Waals surface area (Å²) in [4.78, 5) is 12.2. The molecular formula is C14H16N4O3. The summed E-state index contributed by atoms with van der Waals surface area (Å²) in [5.41, 5.74) is 7.79. The van der Waals surface area contributed by atoms with Crippen LogP contribution in [-0.2, 0) is 16.5 Å². The van der Waals surface area contributed by atoms with Crippen molar-refractivity contribution in [3.63, 3.8) is 0 Å². The van der Waals surface area contributed by atoms with E-state index in [1.807, 2.05) is 18.2 Å². The lowest BCUT2D eigenvalue weighted by atomic mass is 10.2. The Kier molecular flexibility index (Phi) is 3.59. The fraction of sp³-hybridized carbons (Fsp3) is 0.286. The van der Waals surface area contributed by atoms with E-state index in [4.69, 9.17) is 15.2 Å². The van der Waals surface area contributed by atoms with Crippen LogP contribution in [0.1, 0.15) is 22.3 Å². The van der Waals surface area contributed by atoms with Crippen molar-refractivity contribution in [1.29, 1.82) is 0 Å². The minimum absolute atomic E-state index is 0.205. The summed E-state index contributed by atoms with van der Waals surface area (Å²) in [6, 6.07) is 7.32. The second-order valence-corrected chi connectivity index (χ2v) is 4.76. The number of nitrogen functional groups attached to an aromatic ring is 1. The van der Waals surface area contributed by atoms with Crippen molar-refractivity contribution in [2.45, 2.75) is 6.29 Å². The summed E-state index contributed by atoms with van der Waals surface area (Å²) in [6.45, 7) is 1.15. The van der Waals surface area contributed by atoms with E-state index in [0.717, 1.165) is 5.56 Å². The predicted molar refractivity (Wildman–Crippen MR) is 76.7 cm³/mol. The first-order valence-electron chi connectivity index (χ1n) is 6.57. The largest absolute Gasteiger partial charge is 0.396 e. The Bertz CT molecular complexity index is 662. The molecule has 7 heteroatoms. The zero-order valence-electron chi connectivity index (χ0n) is 11.6. The third kappa shape index (κ3) is 2.88. The van der Waals surface area contributed by atoms with E-state index < -0.39 is 0 Å². The highest BCUT2D eigenvalue weighted by atomic mass is 16.7. The average Bonchev–Trinajstić information content (AvgIpc) is 3.08. The van der Waals surface area contributed by atoms with Gasteiger partial charge in [0.15, 0.2) is 12.0 Å². The van der Waals surface area contributed by atoms with E-state index in [9.17, 15) is 4.79 Å². The van der Waals surface area contributed by atoms with Crippen LogP contribution in [0.25, 0.3) is 0 Å². The first kappa shape index (κ1) is 13.6. The van der Waals surface area contributed by atoms with Crippen LogP contribution >= 0.6 is 0 Å². The number of nitrogens with two attached hydrogens (primary N) is 1. The monoisotopic (exact) mass is 288 g/mol. The molecule has 2 aromatic rings. The topological polar surface area (TPSA) is 91.4 Å². The maximum atomic E-state index is 12.2. The number of nitrogens with zero attached hydrogens (tertiary/aromatic N) is 2. The van der Waals surface area contributed by atoms with Gasteiger partial charge in [-0.15, -0.1) is 0 Å². The van der Waals surface area contributed by atoms with E-state index >= 15 is 0 Å². The van der Waals surface area contributed by atoms with E-state index in [1.165, 1.54) is 4.68 Å². The Labute approximate surface area is 121 Å². The molecule has 1 amide bonds. The van der Waals surface area contributed by atoms with Gasteiger partial charge in [-0.25, -0.2) is 0 Å². The van der Waals surface area contributed by atoms with E-state index in [0.29, 0.717) is 24.6 Å². The average molecular weight is 288 g/mol. The number of hydrogen-bond acceptors (Lipinski definition) is 5. The summed E-state index contributed by atoms with van der Waals surface area (Å²) in [6.07, 6.45) is 1.22. The van der Waals surface area contributed by atoms with Crippen molar-refractivity contribution in [3.8, 4) is 0 Å². The molecule has 110 valence electrons. The first-order valence-corrected chi connectivity index (χ1v) is 6.57. The second-order valence-electron chi connectivity index (χ2n) is 4.76. The maximum absolute atomic E-state index is 12.2. The zero-order chi connectivity index (χ0) is 14.8. The molecule has 0 unspecified atom stereocenters. The lowest BCUT2D eigenvalue weighted by molar-refractivity contribution is -0.0440. The van der Waals surface area contributed by atoms with Crippen LogP contribution in [0.3, 0.4) is 0 Å². The summed E-state index contributed by atoms with van der Waals surface area (Å²) in [5, 5.41) is 6.81. The standard InChI is InChI=1S/C14H16N4O3/c1-18-8-11(15)12(17-18)13(19)16-10-4-2-3-9(7-10)14-20-5-6-21-14/h2-4,7-8,14H,5-6,15H2,1H3,(H,16,19). The molecule has 3 N–H and O–H groups in total. The number of carbonyl (C=O) groups excluding carboxylic acids is 1. The van der Waals surface area contributed by atoms with Gasteiger partial charge in [0.05, 0.1) is 18.9 Å². The highest BCUT2D eigenvalue weighted by Crippen LogP contribution is 2.25. The Morgan fingerprint density at radius 2 is 2.19 bits per heavy atom. The number of benzene rings is 1. The van der Waals surface area contributed by atoms with E-state index in [2.05, 4.69) is 10.4 Å². The van der Waals surface area contributed by atoms with Gasteiger partial charge < -0.3 is 20.5 Å².